The van der Waals surface area contributed by atoms with Crippen LogP contribution in [0.25, 0.3) is 0 Å². The van der Waals surface area contributed by atoms with Crippen molar-refractivity contribution in [1.82, 2.24) is 4.90 Å². The summed E-state index contributed by atoms with van der Waals surface area (Å²) in [7, 11) is -6.72. The van der Waals surface area contributed by atoms with Crippen molar-refractivity contribution in [3.63, 3.8) is 0 Å². The zero-order valence-electron chi connectivity index (χ0n) is 20.0. The van der Waals surface area contributed by atoms with Crippen LogP contribution in [0.5, 0.6) is 5.75 Å². The Morgan fingerprint density at radius 2 is 1.83 bits per heavy atom. The maximum absolute atomic E-state index is 12.4. The molecule has 0 aromatic heterocycles. The van der Waals surface area contributed by atoms with Crippen LogP contribution in [0.3, 0.4) is 0 Å². The number of nitriles is 1. The minimum atomic E-state index is -3.53. The van der Waals surface area contributed by atoms with Crippen molar-refractivity contribution in [3.05, 3.63) is 58.6 Å². The first-order valence-corrected chi connectivity index (χ1v) is 15.6. The highest BCUT2D eigenvalue weighted by atomic mass is 35.5. The Morgan fingerprint density at radius 1 is 1.11 bits per heavy atom. The van der Waals surface area contributed by atoms with Gasteiger partial charge in [0.25, 0.3) is 0 Å². The topological polar surface area (TPSA) is 105 Å². The van der Waals surface area contributed by atoms with Gasteiger partial charge in [-0.15, -0.1) is 0 Å². The van der Waals surface area contributed by atoms with E-state index in [9.17, 15) is 16.8 Å². The van der Waals surface area contributed by atoms with Crippen LogP contribution < -0.4 is 4.74 Å². The first kappa shape index (κ1) is 27.5. The zero-order valence-corrected chi connectivity index (χ0v) is 22.4. The Bertz CT molecular complexity index is 1270. The number of ether oxygens (including phenoxy) is 1. The average molecular weight is 539 g/mol. The van der Waals surface area contributed by atoms with Gasteiger partial charge >= 0.3 is 0 Å². The van der Waals surface area contributed by atoms with E-state index in [2.05, 4.69) is 17.9 Å². The van der Waals surface area contributed by atoms with E-state index in [4.69, 9.17) is 21.6 Å². The predicted molar refractivity (Wildman–Crippen MR) is 137 cm³/mol. The first-order chi connectivity index (χ1) is 16.4. The highest BCUT2D eigenvalue weighted by Crippen LogP contribution is 2.26. The van der Waals surface area contributed by atoms with E-state index < -0.39 is 19.7 Å². The number of hydrogen-bond acceptors (Lipinski definition) is 7. The molecule has 0 bridgehead atoms. The molecule has 1 saturated heterocycles. The summed E-state index contributed by atoms with van der Waals surface area (Å²) in [4.78, 5) is 2.58. The summed E-state index contributed by atoms with van der Waals surface area (Å²) in [5.74, 6) is 0.612. The smallest absolute Gasteiger partial charge is 0.178 e. The van der Waals surface area contributed by atoms with Crippen molar-refractivity contribution in [1.29, 1.82) is 5.26 Å². The van der Waals surface area contributed by atoms with Crippen LogP contribution in [0.1, 0.15) is 30.9 Å². The Kier molecular flexibility index (Phi) is 9.22. The van der Waals surface area contributed by atoms with Crippen molar-refractivity contribution < 1.29 is 21.6 Å². The van der Waals surface area contributed by atoms with E-state index in [1.165, 1.54) is 12.1 Å². The molecule has 2 aromatic rings. The van der Waals surface area contributed by atoms with Gasteiger partial charge in [0.05, 0.1) is 34.6 Å². The molecule has 35 heavy (non-hydrogen) atoms. The average Bonchev–Trinajstić information content (AvgIpc) is 3.14. The Morgan fingerprint density at radius 3 is 2.49 bits per heavy atom. The maximum atomic E-state index is 12.4. The van der Waals surface area contributed by atoms with Gasteiger partial charge in [0.15, 0.2) is 9.84 Å². The molecule has 1 heterocycles. The number of benzene rings is 2. The molecule has 10 heteroatoms. The molecule has 1 aliphatic rings. The molecule has 2 aromatic carbocycles. The van der Waals surface area contributed by atoms with E-state index in [1.807, 2.05) is 12.1 Å². The van der Waals surface area contributed by atoms with Crippen LogP contribution in [-0.4, -0.2) is 65.2 Å². The van der Waals surface area contributed by atoms with Crippen LogP contribution in [0.2, 0.25) is 5.02 Å². The van der Waals surface area contributed by atoms with Crippen LogP contribution in [0.4, 0.5) is 0 Å². The van der Waals surface area contributed by atoms with Crippen LogP contribution >= 0.6 is 11.6 Å². The van der Waals surface area contributed by atoms with E-state index >= 15 is 0 Å². The van der Waals surface area contributed by atoms with Crippen LogP contribution in [-0.2, 0) is 26.1 Å². The molecule has 0 radical (unpaired) electrons. The minimum Gasteiger partial charge on any atom is -0.493 e. The molecule has 0 unspecified atom stereocenters. The molecule has 0 spiro atoms. The number of likely N-dealkylation sites (tertiary alicyclic amines) is 1. The highest BCUT2D eigenvalue weighted by Gasteiger charge is 2.29. The molecule has 1 aliphatic heterocycles. The summed E-state index contributed by atoms with van der Waals surface area (Å²) in [6.07, 6.45) is 2.99. The molecule has 0 amide bonds. The molecule has 3 rings (SSSR count). The lowest BCUT2D eigenvalue weighted by molar-refractivity contribution is 0.234. The van der Waals surface area contributed by atoms with Gasteiger partial charge in [-0.25, -0.2) is 16.8 Å². The summed E-state index contributed by atoms with van der Waals surface area (Å²) in [6, 6.07) is 14.3. The Labute approximate surface area is 213 Å². The molecule has 190 valence electrons. The lowest BCUT2D eigenvalue weighted by Crippen LogP contribution is -2.29. The molecule has 0 aliphatic carbocycles. The molecule has 0 saturated carbocycles. The number of sulfone groups is 2. The Hall–Kier alpha value is -2.12. The van der Waals surface area contributed by atoms with Gasteiger partial charge in [-0.3, -0.25) is 4.90 Å². The van der Waals surface area contributed by atoms with E-state index in [1.54, 1.807) is 18.2 Å². The maximum Gasteiger partial charge on any atom is 0.178 e. The number of nitrogens with zero attached hydrogens (tertiary/aromatic N) is 2. The van der Waals surface area contributed by atoms with Crippen molar-refractivity contribution in [2.45, 2.75) is 37.1 Å². The third-order valence-corrected chi connectivity index (χ3v) is 9.23. The van der Waals surface area contributed by atoms with Gasteiger partial charge in [0.2, 0.25) is 0 Å². The predicted octanol–water partition coefficient (Wildman–Crippen LogP) is 3.75. The molecular weight excluding hydrogens is 508 g/mol. The second-order valence-electron chi connectivity index (χ2n) is 9.24. The van der Waals surface area contributed by atoms with Gasteiger partial charge in [-0.1, -0.05) is 11.6 Å². The number of halogens is 1. The molecular formula is C25H31ClN2O5S2. The summed E-state index contributed by atoms with van der Waals surface area (Å²) in [5.41, 5.74) is 1.62. The molecule has 7 nitrogen and oxygen atoms in total. The van der Waals surface area contributed by atoms with Gasteiger partial charge < -0.3 is 4.74 Å². The van der Waals surface area contributed by atoms with Gasteiger partial charge in [0, 0.05) is 36.3 Å². The zero-order chi connectivity index (χ0) is 25.6. The van der Waals surface area contributed by atoms with Gasteiger partial charge in [0.1, 0.15) is 15.6 Å². The van der Waals surface area contributed by atoms with Crippen molar-refractivity contribution in [2.75, 3.05) is 37.5 Å². The van der Waals surface area contributed by atoms with E-state index in [0.717, 1.165) is 37.8 Å². The van der Waals surface area contributed by atoms with E-state index in [-0.39, 0.29) is 22.8 Å². The first-order valence-electron chi connectivity index (χ1n) is 11.5. The normalized spacial score (nSPS) is 18.9. The van der Waals surface area contributed by atoms with Gasteiger partial charge in [-0.2, -0.15) is 5.26 Å². The van der Waals surface area contributed by atoms with Crippen molar-refractivity contribution >= 4 is 31.3 Å². The molecule has 0 N–H and O–H groups in total. The molecule has 1 fully saturated rings. The second kappa shape index (κ2) is 11.7. The lowest BCUT2D eigenvalue weighted by atomic mass is 10.1. The Balaban J connectivity index is 1.48. The van der Waals surface area contributed by atoms with Crippen molar-refractivity contribution in [3.8, 4) is 11.8 Å². The summed E-state index contributed by atoms with van der Waals surface area (Å²) >= 11 is 6.11. The summed E-state index contributed by atoms with van der Waals surface area (Å²) in [6.45, 7) is 4.51. The van der Waals surface area contributed by atoms with Crippen LogP contribution in [0, 0.1) is 17.2 Å². The molecule has 2 atom stereocenters. The fraction of sp³-hybridized carbons (Fsp3) is 0.480. The second-order valence-corrected chi connectivity index (χ2v) is 14.0. The highest BCUT2D eigenvalue weighted by molar-refractivity contribution is 7.92. The fourth-order valence-corrected chi connectivity index (χ4v) is 6.79. The third kappa shape index (κ3) is 8.50. The number of hydrogen-bond donors (Lipinski definition) is 0. The fourth-order valence-electron chi connectivity index (χ4n) is 4.37. The van der Waals surface area contributed by atoms with Crippen molar-refractivity contribution in [2.24, 2.45) is 5.92 Å². The standard InChI is InChI=1S/C25H31ClN2O5S2/c1-19-12-22(17-28(19)9-8-20-13-21(16-27)15-23(26)14-20)18-33-24-4-6-25(7-5-24)35(31,32)11-3-10-34(2,29)30/h4-7,13-15,19,22H,3,8-12,17-18H2,1-2H3/t19-,22+/m1/s1. The quantitative estimate of drug-likeness (QED) is 0.429. The van der Waals surface area contributed by atoms with Gasteiger partial charge in [-0.05, 0) is 74.2 Å². The largest absolute Gasteiger partial charge is 0.493 e. The van der Waals surface area contributed by atoms with Crippen LogP contribution in [0.15, 0.2) is 47.4 Å². The monoisotopic (exact) mass is 538 g/mol. The SMILES string of the molecule is C[C@@H]1C[C@H](COc2ccc(S(=O)(=O)CCCS(C)(=O)=O)cc2)CN1CCc1cc(Cl)cc(C#N)c1. The summed E-state index contributed by atoms with van der Waals surface area (Å²) < 4.78 is 53.2. The summed E-state index contributed by atoms with van der Waals surface area (Å²) in [5, 5.41) is 9.71. The number of rotatable bonds is 11. The lowest BCUT2D eigenvalue weighted by Gasteiger charge is -2.21. The minimum absolute atomic E-state index is 0.0760. The van der Waals surface area contributed by atoms with E-state index in [0.29, 0.717) is 34.9 Å². The third-order valence-electron chi connectivity index (χ3n) is 6.16.